The first-order valence-corrected chi connectivity index (χ1v) is 9.38. The molecule has 1 saturated carbocycles. The lowest BCUT2D eigenvalue weighted by atomic mass is 9.85. The number of piperidine rings is 1. The summed E-state index contributed by atoms with van der Waals surface area (Å²) in [6.45, 7) is 5.86. The molecule has 0 bridgehead atoms. The van der Waals surface area contributed by atoms with Crippen molar-refractivity contribution in [3.05, 3.63) is 29.8 Å². The summed E-state index contributed by atoms with van der Waals surface area (Å²) in [6, 6.07) is 7.28. The van der Waals surface area contributed by atoms with E-state index in [-0.39, 0.29) is 24.1 Å². The zero-order valence-electron chi connectivity index (χ0n) is 15.1. The Morgan fingerprint density at radius 1 is 1.36 bits per heavy atom. The average molecular weight is 367 g/mol. The van der Waals surface area contributed by atoms with E-state index >= 15 is 0 Å². The molecule has 1 aliphatic heterocycles. The Bertz CT molecular complexity index is 556. The number of aromatic hydroxyl groups is 1. The third kappa shape index (κ3) is 6.19. The highest BCUT2D eigenvalue weighted by atomic mass is 35.5. The average Bonchev–Trinajstić information content (AvgIpc) is 3.39. The Balaban J connectivity index is 0.00000225. The first-order valence-electron chi connectivity index (χ1n) is 9.38. The van der Waals surface area contributed by atoms with Crippen molar-refractivity contribution in [1.82, 2.24) is 10.2 Å². The maximum absolute atomic E-state index is 12.9. The zero-order chi connectivity index (χ0) is 16.9. The number of hydrogen-bond acceptors (Lipinski definition) is 3. The first-order chi connectivity index (χ1) is 11.6. The van der Waals surface area contributed by atoms with E-state index < -0.39 is 0 Å². The second kappa shape index (κ2) is 9.44. The van der Waals surface area contributed by atoms with Gasteiger partial charge in [-0.2, -0.15) is 0 Å². The van der Waals surface area contributed by atoms with E-state index in [1.807, 2.05) is 17.0 Å². The van der Waals surface area contributed by atoms with Crippen LogP contribution in [0.3, 0.4) is 0 Å². The molecular formula is C20H31ClN2O2. The van der Waals surface area contributed by atoms with Crippen LogP contribution in [0.1, 0.15) is 44.6 Å². The Kier molecular flexibility index (Phi) is 7.57. The van der Waals surface area contributed by atoms with Crippen molar-refractivity contribution in [2.24, 2.45) is 17.8 Å². The summed E-state index contributed by atoms with van der Waals surface area (Å²) in [5.41, 5.74) is 1.01. The van der Waals surface area contributed by atoms with E-state index in [1.54, 1.807) is 12.1 Å². The Morgan fingerprint density at radius 2 is 2.16 bits per heavy atom. The number of rotatable bonds is 7. The van der Waals surface area contributed by atoms with Crippen LogP contribution in [0, 0.1) is 17.8 Å². The van der Waals surface area contributed by atoms with Crippen molar-refractivity contribution in [3.63, 3.8) is 0 Å². The van der Waals surface area contributed by atoms with Gasteiger partial charge in [-0.1, -0.05) is 19.1 Å². The summed E-state index contributed by atoms with van der Waals surface area (Å²) in [6.07, 6.45) is 5.57. The van der Waals surface area contributed by atoms with Gasteiger partial charge < -0.3 is 15.3 Å². The van der Waals surface area contributed by atoms with Crippen LogP contribution in [-0.4, -0.2) is 35.5 Å². The molecule has 25 heavy (non-hydrogen) atoms. The number of carbonyl (C=O) groups excluding carboxylic acids is 1. The van der Waals surface area contributed by atoms with Crippen LogP contribution in [0.25, 0.3) is 0 Å². The number of carbonyl (C=O) groups is 1. The predicted octanol–water partition coefficient (Wildman–Crippen LogP) is 3.58. The molecule has 1 amide bonds. The Morgan fingerprint density at radius 3 is 2.80 bits per heavy atom. The second-order valence-corrected chi connectivity index (χ2v) is 7.68. The maximum atomic E-state index is 12.9. The summed E-state index contributed by atoms with van der Waals surface area (Å²) >= 11 is 0. The van der Waals surface area contributed by atoms with Gasteiger partial charge in [-0.3, -0.25) is 4.79 Å². The monoisotopic (exact) mass is 366 g/mol. The fraction of sp³-hybridized carbons (Fsp3) is 0.650. The van der Waals surface area contributed by atoms with Crippen LogP contribution in [0.15, 0.2) is 24.3 Å². The number of nitrogens with zero attached hydrogens (tertiary/aromatic N) is 1. The molecule has 1 aromatic carbocycles. The minimum absolute atomic E-state index is 0. The fourth-order valence-electron chi connectivity index (χ4n) is 3.68. The van der Waals surface area contributed by atoms with Crippen LogP contribution in [0.2, 0.25) is 0 Å². The van der Waals surface area contributed by atoms with Gasteiger partial charge in [-0.05, 0) is 74.2 Å². The minimum atomic E-state index is 0. The Labute approximate surface area is 157 Å². The van der Waals surface area contributed by atoms with Crippen LogP contribution in [0.5, 0.6) is 5.75 Å². The standard InChI is InChI=1S/C20H30N2O2.ClH/c1-15(18-5-3-9-21-12-18)10-20(24)22(13-16-7-8-16)14-17-4-2-6-19(23)11-17;/h2,4,6,11,15-16,18,21,23H,3,5,7-10,12-14H2,1H3;1H. The molecule has 0 radical (unpaired) electrons. The van der Waals surface area contributed by atoms with Gasteiger partial charge in [0.15, 0.2) is 0 Å². The lowest BCUT2D eigenvalue weighted by Crippen LogP contribution is -2.37. The van der Waals surface area contributed by atoms with Gasteiger partial charge in [0, 0.05) is 19.5 Å². The highest BCUT2D eigenvalue weighted by Gasteiger charge is 2.29. The molecular weight excluding hydrogens is 336 g/mol. The number of nitrogens with one attached hydrogen (secondary N) is 1. The number of hydrogen-bond donors (Lipinski definition) is 2. The van der Waals surface area contributed by atoms with Gasteiger partial charge in [-0.15, -0.1) is 12.4 Å². The second-order valence-electron chi connectivity index (χ2n) is 7.68. The van der Waals surface area contributed by atoms with Gasteiger partial charge in [0.25, 0.3) is 0 Å². The molecule has 4 nitrogen and oxygen atoms in total. The van der Waals surface area contributed by atoms with Crippen molar-refractivity contribution < 1.29 is 9.90 Å². The molecule has 2 unspecified atom stereocenters. The topological polar surface area (TPSA) is 52.6 Å². The van der Waals surface area contributed by atoms with Crippen LogP contribution in [0.4, 0.5) is 0 Å². The highest BCUT2D eigenvalue weighted by Crippen LogP contribution is 2.31. The molecule has 1 aromatic rings. The minimum Gasteiger partial charge on any atom is -0.508 e. The predicted molar refractivity (Wildman–Crippen MR) is 103 cm³/mol. The van der Waals surface area contributed by atoms with Gasteiger partial charge in [-0.25, -0.2) is 0 Å². The van der Waals surface area contributed by atoms with Crippen molar-refractivity contribution in [3.8, 4) is 5.75 Å². The summed E-state index contributed by atoms with van der Waals surface area (Å²) in [7, 11) is 0. The van der Waals surface area contributed by atoms with Crippen molar-refractivity contribution in [2.45, 2.75) is 45.6 Å². The van der Waals surface area contributed by atoms with E-state index in [1.165, 1.54) is 25.7 Å². The normalized spacial score (nSPS) is 21.2. The molecule has 2 atom stereocenters. The molecule has 2 aliphatic rings. The van der Waals surface area contributed by atoms with E-state index in [4.69, 9.17) is 0 Å². The molecule has 2 fully saturated rings. The molecule has 2 N–H and O–H groups in total. The van der Waals surface area contributed by atoms with Crippen molar-refractivity contribution in [1.29, 1.82) is 0 Å². The molecule has 1 heterocycles. The summed E-state index contributed by atoms with van der Waals surface area (Å²) in [4.78, 5) is 14.9. The number of phenols is 1. The number of phenolic OH excluding ortho intramolecular Hbond substituents is 1. The SMILES string of the molecule is CC(CC(=O)N(Cc1cccc(O)c1)CC1CC1)C1CCCNC1.Cl. The summed E-state index contributed by atoms with van der Waals surface area (Å²) < 4.78 is 0. The lowest BCUT2D eigenvalue weighted by Gasteiger charge is -2.30. The van der Waals surface area contributed by atoms with Gasteiger partial charge >= 0.3 is 0 Å². The smallest absolute Gasteiger partial charge is 0.223 e. The molecule has 0 aromatic heterocycles. The third-order valence-electron chi connectivity index (χ3n) is 5.45. The largest absolute Gasteiger partial charge is 0.508 e. The van der Waals surface area contributed by atoms with E-state index in [0.29, 0.717) is 30.7 Å². The quantitative estimate of drug-likeness (QED) is 0.775. The third-order valence-corrected chi connectivity index (χ3v) is 5.45. The highest BCUT2D eigenvalue weighted by molar-refractivity contribution is 5.85. The van der Waals surface area contributed by atoms with E-state index in [9.17, 15) is 9.90 Å². The zero-order valence-corrected chi connectivity index (χ0v) is 15.9. The summed E-state index contributed by atoms with van der Waals surface area (Å²) in [5, 5.41) is 13.1. The van der Waals surface area contributed by atoms with E-state index in [0.717, 1.165) is 25.2 Å². The molecule has 1 saturated heterocycles. The molecule has 0 spiro atoms. The molecule has 5 heteroatoms. The molecule has 1 aliphatic carbocycles. The van der Waals surface area contributed by atoms with Gasteiger partial charge in [0.05, 0.1) is 0 Å². The number of amides is 1. The van der Waals surface area contributed by atoms with Crippen LogP contribution in [-0.2, 0) is 11.3 Å². The summed E-state index contributed by atoms with van der Waals surface area (Å²) in [5.74, 6) is 2.26. The number of halogens is 1. The molecule has 3 rings (SSSR count). The Hall–Kier alpha value is -1.26. The number of benzene rings is 1. The van der Waals surface area contributed by atoms with Gasteiger partial charge in [0.1, 0.15) is 5.75 Å². The lowest BCUT2D eigenvalue weighted by molar-refractivity contribution is -0.133. The van der Waals surface area contributed by atoms with Crippen molar-refractivity contribution >= 4 is 18.3 Å². The fourth-order valence-corrected chi connectivity index (χ4v) is 3.68. The van der Waals surface area contributed by atoms with Gasteiger partial charge in [0.2, 0.25) is 5.91 Å². The maximum Gasteiger partial charge on any atom is 0.223 e. The first kappa shape index (κ1) is 20.1. The van der Waals surface area contributed by atoms with E-state index in [2.05, 4.69) is 12.2 Å². The molecule has 140 valence electrons. The van der Waals surface area contributed by atoms with Crippen LogP contribution < -0.4 is 5.32 Å². The van der Waals surface area contributed by atoms with Crippen LogP contribution >= 0.6 is 12.4 Å². The van der Waals surface area contributed by atoms with Crippen molar-refractivity contribution in [2.75, 3.05) is 19.6 Å².